The molecule has 0 saturated heterocycles. The molecule has 8 heteroatoms. The van der Waals surface area contributed by atoms with Gasteiger partial charge in [-0.05, 0) is 51.3 Å². The first-order chi connectivity index (χ1) is 12.8. The van der Waals surface area contributed by atoms with Gasteiger partial charge in [0.1, 0.15) is 18.1 Å². The van der Waals surface area contributed by atoms with E-state index >= 15 is 0 Å². The minimum atomic E-state index is -1.48. The number of pyridine rings is 1. The number of fused-ring (bicyclic) bond motifs is 1. The van der Waals surface area contributed by atoms with Crippen LogP contribution in [0.1, 0.15) is 27.7 Å². The molecule has 0 saturated carbocycles. The second kappa shape index (κ2) is 8.04. The molecule has 1 amide bonds. The van der Waals surface area contributed by atoms with Crippen molar-refractivity contribution in [1.29, 1.82) is 0 Å². The van der Waals surface area contributed by atoms with Gasteiger partial charge in [0, 0.05) is 11.9 Å². The smallest absolute Gasteiger partial charge is 0.412 e. The Morgan fingerprint density at radius 3 is 2.50 bits per heavy atom. The van der Waals surface area contributed by atoms with Crippen LogP contribution in [-0.4, -0.2) is 30.1 Å². The molecule has 0 spiro atoms. The summed E-state index contributed by atoms with van der Waals surface area (Å²) in [6.45, 7) is 13.8. The molecule has 1 aromatic heterocycles. The monoisotopic (exact) mass is 408 g/mol. The van der Waals surface area contributed by atoms with Gasteiger partial charge >= 0.3 is 6.09 Å². The van der Waals surface area contributed by atoms with Crippen molar-refractivity contribution in [2.45, 2.75) is 65.4 Å². The Kier molecular flexibility index (Phi) is 6.35. The molecule has 0 bridgehead atoms. The van der Waals surface area contributed by atoms with E-state index < -0.39 is 25.6 Å². The first-order valence-electron chi connectivity index (χ1n) is 9.22. The third-order valence-corrected chi connectivity index (χ3v) is 6.99. The van der Waals surface area contributed by atoms with Gasteiger partial charge in [0.2, 0.25) is 0 Å². The fraction of sp³-hybridized carbons (Fsp3) is 0.500. The molecule has 0 aliphatic carbocycles. The second-order valence-electron chi connectivity index (χ2n) is 8.94. The van der Waals surface area contributed by atoms with E-state index in [1.54, 1.807) is 33.0 Å². The lowest BCUT2D eigenvalue weighted by Gasteiger charge is -2.25. The molecule has 6 nitrogen and oxygen atoms in total. The van der Waals surface area contributed by atoms with E-state index in [1.165, 1.54) is 10.6 Å². The molecule has 1 heterocycles. The molecule has 0 aliphatic rings. The number of ether oxygens (including phenoxy) is 2. The van der Waals surface area contributed by atoms with E-state index in [0.29, 0.717) is 5.39 Å². The lowest BCUT2D eigenvalue weighted by Crippen LogP contribution is -2.39. The number of benzene rings is 1. The van der Waals surface area contributed by atoms with E-state index in [4.69, 9.17) is 9.47 Å². The molecule has 1 unspecified atom stereocenters. The Balaban J connectivity index is 2.26. The fourth-order valence-electron chi connectivity index (χ4n) is 2.36. The van der Waals surface area contributed by atoms with Crippen molar-refractivity contribution in [2.24, 2.45) is 0 Å². The number of hydrogen-bond acceptors (Lipinski definition) is 4. The molecule has 0 fully saturated rings. The van der Waals surface area contributed by atoms with Crippen LogP contribution in [0.5, 0.6) is 0 Å². The summed E-state index contributed by atoms with van der Waals surface area (Å²) >= 11 is 0. The second-order valence-corrected chi connectivity index (χ2v) is 14.5. The van der Waals surface area contributed by atoms with Gasteiger partial charge in [-0.1, -0.05) is 19.6 Å². The third kappa shape index (κ3) is 5.65. The lowest BCUT2D eigenvalue weighted by molar-refractivity contribution is 0.0548. The molecule has 2 rings (SSSR count). The maximum absolute atomic E-state index is 14.5. The lowest BCUT2D eigenvalue weighted by atomic mass is 10.1. The van der Waals surface area contributed by atoms with Crippen molar-refractivity contribution >= 4 is 30.6 Å². The Morgan fingerprint density at radius 1 is 1.29 bits per heavy atom. The highest BCUT2D eigenvalue weighted by atomic mass is 28.3. The van der Waals surface area contributed by atoms with Crippen LogP contribution in [0.25, 0.3) is 10.8 Å². The van der Waals surface area contributed by atoms with E-state index in [1.807, 2.05) is 6.92 Å². The summed E-state index contributed by atoms with van der Waals surface area (Å²) in [5.74, 6) is -0.704. The predicted octanol–water partition coefficient (Wildman–Crippen LogP) is 4.73. The van der Waals surface area contributed by atoms with E-state index in [2.05, 4.69) is 25.0 Å². The molecule has 0 aliphatic heterocycles. The van der Waals surface area contributed by atoms with Crippen LogP contribution in [0.2, 0.25) is 19.6 Å². The molecular weight excluding hydrogens is 379 g/mol. The van der Waals surface area contributed by atoms with Gasteiger partial charge < -0.3 is 9.47 Å². The van der Waals surface area contributed by atoms with Crippen LogP contribution >= 0.6 is 0 Å². The quantitative estimate of drug-likeness (QED) is 0.726. The van der Waals surface area contributed by atoms with E-state index in [-0.39, 0.29) is 29.1 Å². The molecule has 28 heavy (non-hydrogen) atoms. The first-order valence-corrected chi connectivity index (χ1v) is 12.8. The predicted molar refractivity (Wildman–Crippen MR) is 112 cm³/mol. The summed E-state index contributed by atoms with van der Waals surface area (Å²) in [4.78, 5) is 24.6. The van der Waals surface area contributed by atoms with Gasteiger partial charge in [-0.3, -0.25) is 14.7 Å². The van der Waals surface area contributed by atoms with Gasteiger partial charge in [-0.25, -0.2) is 9.18 Å². The summed E-state index contributed by atoms with van der Waals surface area (Å²) in [7, 11) is -1.48. The van der Waals surface area contributed by atoms with E-state index in [9.17, 15) is 14.0 Å². The highest BCUT2D eigenvalue weighted by Crippen LogP contribution is 2.22. The molecule has 2 aromatic rings. The van der Waals surface area contributed by atoms with Crippen LogP contribution in [0.15, 0.2) is 29.2 Å². The highest BCUT2D eigenvalue weighted by molar-refractivity contribution is 6.77. The summed E-state index contributed by atoms with van der Waals surface area (Å²) in [6, 6.07) is 4.24. The van der Waals surface area contributed by atoms with Crippen LogP contribution in [0, 0.1) is 5.82 Å². The van der Waals surface area contributed by atoms with E-state index in [0.717, 1.165) is 6.07 Å². The maximum atomic E-state index is 14.5. The van der Waals surface area contributed by atoms with Crippen molar-refractivity contribution in [3.8, 4) is 0 Å². The number of anilines is 1. The topological polar surface area (TPSA) is 69.6 Å². The maximum Gasteiger partial charge on any atom is 0.412 e. The van der Waals surface area contributed by atoms with Crippen LogP contribution in [0.4, 0.5) is 14.9 Å². The van der Waals surface area contributed by atoms with Crippen LogP contribution < -0.4 is 10.9 Å². The van der Waals surface area contributed by atoms with Gasteiger partial charge in [0.25, 0.3) is 5.56 Å². The molecule has 1 atom stereocenters. The number of nitrogens with zero attached hydrogens (tertiary/aromatic N) is 1. The van der Waals surface area contributed by atoms with Gasteiger partial charge in [0.05, 0.1) is 19.1 Å². The first kappa shape index (κ1) is 22.1. The molecule has 1 aromatic carbocycles. The molecule has 1 N–H and O–H groups in total. The van der Waals surface area contributed by atoms with Crippen molar-refractivity contribution in [3.63, 3.8) is 0 Å². The van der Waals surface area contributed by atoms with Crippen molar-refractivity contribution in [2.75, 3.05) is 5.32 Å². The third-order valence-electron chi connectivity index (χ3n) is 4.38. The van der Waals surface area contributed by atoms with Crippen molar-refractivity contribution < 1.29 is 18.7 Å². The summed E-state index contributed by atoms with van der Waals surface area (Å²) in [5.41, 5.74) is -1.00. The van der Waals surface area contributed by atoms with Crippen molar-refractivity contribution in [1.82, 2.24) is 4.57 Å². The normalized spacial score (nSPS) is 13.4. The van der Waals surface area contributed by atoms with Gasteiger partial charge in [0.15, 0.2) is 0 Å². The average Bonchev–Trinajstić information content (AvgIpc) is 2.53. The number of hydrogen-bond donors (Lipinski definition) is 1. The average molecular weight is 409 g/mol. The Labute approximate surface area is 165 Å². The molecule has 154 valence electrons. The number of amides is 1. The van der Waals surface area contributed by atoms with Crippen LogP contribution in [0.3, 0.4) is 0 Å². The summed E-state index contributed by atoms with van der Waals surface area (Å²) in [5, 5.41) is 3.13. The number of halogens is 1. The summed E-state index contributed by atoms with van der Waals surface area (Å²) in [6.07, 6.45) is 0.851. The zero-order chi connectivity index (χ0) is 21.3. The Morgan fingerprint density at radius 2 is 1.93 bits per heavy atom. The Hall–Kier alpha value is -2.19. The molecule has 0 radical (unpaired) electrons. The minimum Gasteiger partial charge on any atom is -0.444 e. The zero-order valence-electron chi connectivity index (χ0n) is 17.6. The SMILES string of the molecule is CC(OCn1ccc2cc(NC(=O)OC(C)(C)C)c(F)cc2c1=O)[Si](C)(C)C. The fourth-order valence-corrected chi connectivity index (χ4v) is 2.93. The number of nitrogens with one attached hydrogen (secondary N) is 1. The van der Waals surface area contributed by atoms with Gasteiger partial charge in [-0.15, -0.1) is 0 Å². The summed E-state index contributed by atoms with van der Waals surface area (Å²) < 4.78 is 26.8. The number of aromatic nitrogens is 1. The number of carbonyl (C=O) groups excluding carboxylic acids is 1. The highest BCUT2D eigenvalue weighted by Gasteiger charge is 2.23. The zero-order valence-corrected chi connectivity index (χ0v) is 18.6. The Bertz CT molecular complexity index is 929. The minimum absolute atomic E-state index is 0.0393. The number of carbonyl (C=O) groups is 1. The largest absolute Gasteiger partial charge is 0.444 e. The van der Waals surface area contributed by atoms with Gasteiger partial charge in [-0.2, -0.15) is 0 Å². The standard InChI is InChI=1S/C20H29FN2O4Si/c1-13(28(5,6)7)26-12-23-9-8-14-10-17(16(21)11-15(14)18(23)24)22-19(25)27-20(2,3)4/h8-11,13H,12H2,1-7H3,(H,22,25). The van der Waals surface area contributed by atoms with Crippen LogP contribution in [-0.2, 0) is 16.2 Å². The van der Waals surface area contributed by atoms with Crippen molar-refractivity contribution in [3.05, 3.63) is 40.6 Å². The molecular formula is C20H29FN2O4Si. The number of rotatable bonds is 5.